The lowest BCUT2D eigenvalue weighted by atomic mass is 10.1. The van der Waals surface area contributed by atoms with Crippen LogP contribution in [0.5, 0.6) is 0 Å². The van der Waals surface area contributed by atoms with Gasteiger partial charge in [-0.1, -0.05) is 43.7 Å². The molecule has 0 amide bonds. The molecule has 0 aliphatic heterocycles. The normalized spacial score (nSPS) is 10.7. The quantitative estimate of drug-likeness (QED) is 0.480. The molecular weight excluding hydrogens is 334 g/mol. The molecule has 0 aliphatic rings. The van der Waals surface area contributed by atoms with E-state index in [2.05, 4.69) is 56.8 Å². The summed E-state index contributed by atoms with van der Waals surface area (Å²) in [5, 5.41) is 7.66. The van der Waals surface area contributed by atoms with Crippen molar-refractivity contribution in [3.63, 3.8) is 0 Å². The van der Waals surface area contributed by atoms with Gasteiger partial charge in [0.1, 0.15) is 0 Å². The Bertz CT molecular complexity index is 1020. The van der Waals surface area contributed by atoms with Crippen LogP contribution >= 0.6 is 0 Å². The highest BCUT2D eigenvalue weighted by Gasteiger charge is 2.03. The van der Waals surface area contributed by atoms with Crippen LogP contribution in [0.1, 0.15) is 18.9 Å². The van der Waals surface area contributed by atoms with Gasteiger partial charge in [-0.25, -0.2) is 9.97 Å². The molecule has 0 bridgehead atoms. The van der Waals surface area contributed by atoms with E-state index in [4.69, 9.17) is 0 Å². The Labute approximate surface area is 158 Å². The Kier molecular flexibility index (Phi) is 4.92. The number of aryl methyl sites for hydroxylation is 1. The lowest BCUT2D eigenvalue weighted by Gasteiger charge is -2.10. The van der Waals surface area contributed by atoms with Crippen LogP contribution in [0.15, 0.2) is 73.2 Å². The minimum Gasteiger partial charge on any atom is -0.352 e. The van der Waals surface area contributed by atoms with Gasteiger partial charge in [0.05, 0.1) is 23.6 Å². The van der Waals surface area contributed by atoms with Gasteiger partial charge in [0, 0.05) is 23.0 Å². The van der Waals surface area contributed by atoms with E-state index in [1.54, 1.807) is 18.6 Å². The Morgan fingerprint density at radius 1 is 0.778 bits per heavy atom. The number of benzene rings is 2. The van der Waals surface area contributed by atoms with Gasteiger partial charge in [-0.15, -0.1) is 0 Å². The highest BCUT2D eigenvalue weighted by atomic mass is 15.1. The predicted octanol–water partition coefficient (Wildman–Crippen LogP) is 5.46. The summed E-state index contributed by atoms with van der Waals surface area (Å²) >= 11 is 0. The van der Waals surface area contributed by atoms with Crippen molar-refractivity contribution in [2.24, 2.45) is 0 Å². The lowest BCUT2D eigenvalue weighted by molar-refractivity contribution is 0.922. The number of pyridine rings is 1. The van der Waals surface area contributed by atoms with E-state index in [1.807, 2.05) is 30.3 Å². The second kappa shape index (κ2) is 7.83. The number of hydrogen-bond acceptors (Lipinski definition) is 5. The smallest absolute Gasteiger partial charge is 0.227 e. The number of rotatable bonds is 6. The number of para-hydroxylation sites is 1. The zero-order valence-corrected chi connectivity index (χ0v) is 15.2. The van der Waals surface area contributed by atoms with E-state index in [0.29, 0.717) is 5.95 Å². The Morgan fingerprint density at radius 3 is 2.33 bits per heavy atom. The Hall–Kier alpha value is -3.47. The molecule has 2 aromatic heterocycles. The summed E-state index contributed by atoms with van der Waals surface area (Å²) in [6.07, 6.45) is 7.59. The average Bonchev–Trinajstić information content (AvgIpc) is 2.71. The fourth-order valence-electron chi connectivity index (χ4n) is 2.99. The van der Waals surface area contributed by atoms with E-state index in [-0.39, 0.29) is 0 Å². The first-order chi connectivity index (χ1) is 13.3. The first kappa shape index (κ1) is 17.0. The van der Waals surface area contributed by atoms with Crippen molar-refractivity contribution in [2.45, 2.75) is 19.8 Å². The molecule has 2 N–H and O–H groups in total. The summed E-state index contributed by atoms with van der Waals surface area (Å²) in [6.45, 7) is 2.18. The molecule has 4 aromatic rings. The van der Waals surface area contributed by atoms with Gasteiger partial charge in [-0.3, -0.25) is 4.98 Å². The lowest BCUT2D eigenvalue weighted by Crippen LogP contribution is -1.99. The standard InChI is InChI=1S/C22H21N5/c1-2-5-16-8-10-17(11-9-16)27-22-24-14-18(15-25-22)26-21-12-13-23-20-7-4-3-6-19(20)21/h3-4,6-15H,2,5H2,1H3,(H,23,26)(H,24,25,27). The van der Waals surface area contributed by atoms with Crippen molar-refractivity contribution in [3.05, 3.63) is 78.8 Å². The highest BCUT2D eigenvalue weighted by Crippen LogP contribution is 2.24. The van der Waals surface area contributed by atoms with E-state index in [9.17, 15) is 0 Å². The number of anilines is 4. The summed E-state index contributed by atoms with van der Waals surface area (Å²) < 4.78 is 0. The molecule has 0 radical (unpaired) electrons. The van der Waals surface area contributed by atoms with E-state index in [1.165, 1.54) is 5.56 Å². The van der Waals surface area contributed by atoms with Crippen molar-refractivity contribution >= 4 is 33.9 Å². The Balaban J connectivity index is 1.47. The first-order valence-corrected chi connectivity index (χ1v) is 9.10. The van der Waals surface area contributed by atoms with Crippen LogP contribution in [0.2, 0.25) is 0 Å². The fraction of sp³-hybridized carbons (Fsp3) is 0.136. The minimum absolute atomic E-state index is 0.573. The van der Waals surface area contributed by atoms with Crippen LogP contribution in [0.25, 0.3) is 10.9 Å². The second-order valence-corrected chi connectivity index (χ2v) is 6.37. The third kappa shape index (κ3) is 4.03. The third-order valence-corrected chi connectivity index (χ3v) is 4.33. The van der Waals surface area contributed by atoms with Gasteiger partial charge >= 0.3 is 0 Å². The second-order valence-electron chi connectivity index (χ2n) is 6.37. The number of nitrogens with zero attached hydrogens (tertiary/aromatic N) is 3. The maximum absolute atomic E-state index is 4.41. The molecule has 0 unspecified atom stereocenters. The molecule has 0 aliphatic carbocycles. The van der Waals surface area contributed by atoms with Crippen LogP contribution in [0.3, 0.4) is 0 Å². The van der Waals surface area contributed by atoms with Crippen molar-refractivity contribution in [3.8, 4) is 0 Å². The minimum atomic E-state index is 0.573. The van der Waals surface area contributed by atoms with Crippen LogP contribution in [0.4, 0.5) is 23.0 Å². The maximum atomic E-state index is 4.41. The molecule has 27 heavy (non-hydrogen) atoms. The molecule has 0 fully saturated rings. The molecule has 5 nitrogen and oxygen atoms in total. The molecule has 2 aromatic carbocycles. The number of aromatic nitrogens is 3. The Morgan fingerprint density at radius 2 is 1.56 bits per heavy atom. The summed E-state index contributed by atoms with van der Waals surface area (Å²) in [7, 11) is 0. The van der Waals surface area contributed by atoms with Crippen molar-refractivity contribution in [1.29, 1.82) is 0 Å². The number of fused-ring (bicyclic) bond motifs is 1. The topological polar surface area (TPSA) is 62.7 Å². The number of nitrogens with one attached hydrogen (secondary N) is 2. The molecule has 5 heteroatoms. The zero-order valence-electron chi connectivity index (χ0n) is 15.2. The molecule has 0 atom stereocenters. The number of hydrogen-bond donors (Lipinski definition) is 2. The van der Waals surface area contributed by atoms with Gasteiger partial charge < -0.3 is 10.6 Å². The monoisotopic (exact) mass is 355 g/mol. The SMILES string of the molecule is CCCc1ccc(Nc2ncc(Nc3ccnc4ccccc34)cn2)cc1. The van der Waals surface area contributed by atoms with Gasteiger partial charge in [0.25, 0.3) is 0 Å². The fourth-order valence-corrected chi connectivity index (χ4v) is 2.99. The molecule has 4 rings (SSSR count). The van der Waals surface area contributed by atoms with E-state index >= 15 is 0 Å². The third-order valence-electron chi connectivity index (χ3n) is 4.33. The highest BCUT2D eigenvalue weighted by molar-refractivity contribution is 5.92. The predicted molar refractivity (Wildman–Crippen MR) is 111 cm³/mol. The summed E-state index contributed by atoms with van der Waals surface area (Å²) in [6, 6.07) is 18.4. The summed E-state index contributed by atoms with van der Waals surface area (Å²) in [4.78, 5) is 13.2. The largest absolute Gasteiger partial charge is 0.352 e. The van der Waals surface area contributed by atoms with E-state index in [0.717, 1.165) is 40.8 Å². The maximum Gasteiger partial charge on any atom is 0.227 e. The van der Waals surface area contributed by atoms with Crippen LogP contribution in [0, 0.1) is 0 Å². The molecule has 134 valence electrons. The van der Waals surface area contributed by atoms with Gasteiger partial charge in [-0.05, 0) is 36.2 Å². The average molecular weight is 355 g/mol. The van der Waals surface area contributed by atoms with Crippen LogP contribution in [-0.2, 0) is 6.42 Å². The van der Waals surface area contributed by atoms with Gasteiger partial charge in [0.15, 0.2) is 0 Å². The molecule has 0 saturated carbocycles. The molecule has 2 heterocycles. The van der Waals surface area contributed by atoms with Gasteiger partial charge in [-0.2, -0.15) is 0 Å². The van der Waals surface area contributed by atoms with E-state index < -0.39 is 0 Å². The van der Waals surface area contributed by atoms with Crippen LogP contribution < -0.4 is 10.6 Å². The summed E-state index contributed by atoms with van der Waals surface area (Å²) in [5.41, 5.74) is 5.09. The van der Waals surface area contributed by atoms with Gasteiger partial charge in [0.2, 0.25) is 5.95 Å². The zero-order chi connectivity index (χ0) is 18.5. The first-order valence-electron chi connectivity index (χ1n) is 9.10. The van der Waals surface area contributed by atoms with Crippen molar-refractivity contribution in [1.82, 2.24) is 15.0 Å². The van der Waals surface area contributed by atoms with Crippen LogP contribution in [-0.4, -0.2) is 15.0 Å². The molecule has 0 spiro atoms. The summed E-state index contributed by atoms with van der Waals surface area (Å²) in [5.74, 6) is 0.573. The molecular formula is C22H21N5. The van der Waals surface area contributed by atoms with Crippen molar-refractivity contribution < 1.29 is 0 Å². The van der Waals surface area contributed by atoms with Crippen molar-refractivity contribution in [2.75, 3.05) is 10.6 Å². The molecule has 0 saturated heterocycles.